The van der Waals surface area contributed by atoms with E-state index < -0.39 is 11.9 Å². The van der Waals surface area contributed by atoms with Crippen LogP contribution in [-0.4, -0.2) is 22.8 Å². The summed E-state index contributed by atoms with van der Waals surface area (Å²) in [4.78, 5) is 10.2. The fraction of sp³-hybridized carbons (Fsp3) is 0.714. The van der Waals surface area contributed by atoms with E-state index in [0.717, 1.165) is 6.42 Å². The second kappa shape index (κ2) is 5.23. The average Bonchev–Trinajstić information content (AvgIpc) is 1.88. The molecule has 1 unspecified atom stereocenters. The zero-order chi connectivity index (χ0) is 7.98. The molecule has 0 aromatic rings. The monoisotopic (exact) mass is 145 g/mol. The summed E-state index contributed by atoms with van der Waals surface area (Å²) in [5, 5.41) is 16.7. The Morgan fingerprint density at radius 3 is 2.50 bits per heavy atom. The van der Waals surface area contributed by atoms with E-state index in [1.54, 1.807) is 0 Å². The maximum Gasteiger partial charge on any atom is 0.306 e. The number of carboxylic acids is 1. The van der Waals surface area contributed by atoms with Crippen LogP contribution in [0.1, 0.15) is 19.3 Å². The Morgan fingerprint density at radius 2 is 2.10 bits per heavy atom. The lowest BCUT2D eigenvalue weighted by atomic mass is 10.1. The van der Waals surface area contributed by atoms with Crippen LogP contribution in [0.15, 0.2) is 0 Å². The minimum absolute atomic E-state index is 0.131. The lowest BCUT2D eigenvalue weighted by molar-refractivity contribution is -0.140. The van der Waals surface area contributed by atoms with Gasteiger partial charge in [0.2, 0.25) is 0 Å². The largest absolute Gasteiger partial charge is 0.481 e. The topological polar surface area (TPSA) is 57.5 Å². The molecule has 0 fully saturated rings. The van der Waals surface area contributed by atoms with Crippen LogP contribution in [0.3, 0.4) is 0 Å². The Labute approximate surface area is 60.7 Å². The fourth-order valence-electron chi connectivity index (χ4n) is 0.626. The molecule has 1 radical (unpaired) electrons. The van der Waals surface area contributed by atoms with E-state index in [1.165, 1.54) is 0 Å². The standard InChI is InChI=1S/C7H13O3/c1-6(7(9)10)4-2-3-5-8/h6,8H,1-5H2,(H,9,10). The summed E-state index contributed by atoms with van der Waals surface area (Å²) in [7, 11) is 0. The molecule has 0 aromatic heterocycles. The third-order valence-corrected chi connectivity index (χ3v) is 1.31. The summed E-state index contributed by atoms with van der Waals surface area (Å²) in [5.41, 5.74) is 0. The van der Waals surface area contributed by atoms with Crippen LogP contribution in [0.5, 0.6) is 0 Å². The van der Waals surface area contributed by atoms with Crippen molar-refractivity contribution in [3.05, 3.63) is 6.92 Å². The van der Waals surface area contributed by atoms with Gasteiger partial charge < -0.3 is 10.2 Å². The van der Waals surface area contributed by atoms with E-state index in [1.807, 2.05) is 0 Å². The Hall–Kier alpha value is -0.570. The lowest BCUT2D eigenvalue weighted by Gasteiger charge is -2.02. The highest BCUT2D eigenvalue weighted by Crippen LogP contribution is 2.06. The van der Waals surface area contributed by atoms with Gasteiger partial charge in [-0.2, -0.15) is 0 Å². The lowest BCUT2D eigenvalue weighted by Crippen LogP contribution is -2.09. The first kappa shape index (κ1) is 9.43. The minimum Gasteiger partial charge on any atom is -0.481 e. The van der Waals surface area contributed by atoms with Gasteiger partial charge in [-0.1, -0.05) is 6.42 Å². The zero-order valence-corrected chi connectivity index (χ0v) is 5.92. The van der Waals surface area contributed by atoms with E-state index in [9.17, 15) is 4.79 Å². The predicted octanol–water partition coefficient (Wildman–Crippen LogP) is 0.684. The number of unbranched alkanes of at least 4 members (excludes halogenated alkanes) is 1. The SMILES string of the molecule is [CH2]C(CCCCO)C(=O)O. The molecule has 0 saturated carbocycles. The van der Waals surface area contributed by atoms with E-state index in [2.05, 4.69) is 6.92 Å². The van der Waals surface area contributed by atoms with Gasteiger partial charge in [-0.15, -0.1) is 0 Å². The van der Waals surface area contributed by atoms with Crippen molar-refractivity contribution in [3.63, 3.8) is 0 Å². The van der Waals surface area contributed by atoms with Crippen molar-refractivity contribution in [3.8, 4) is 0 Å². The molecule has 0 heterocycles. The number of carboxylic acid groups (broad SMARTS) is 1. The first-order valence-corrected chi connectivity index (χ1v) is 3.35. The van der Waals surface area contributed by atoms with Crippen molar-refractivity contribution in [1.82, 2.24) is 0 Å². The van der Waals surface area contributed by atoms with Gasteiger partial charge >= 0.3 is 5.97 Å². The van der Waals surface area contributed by atoms with Gasteiger partial charge in [0.15, 0.2) is 0 Å². The molecule has 2 N–H and O–H groups in total. The Kier molecular flexibility index (Phi) is 4.94. The van der Waals surface area contributed by atoms with Crippen molar-refractivity contribution in [2.75, 3.05) is 6.61 Å². The van der Waals surface area contributed by atoms with E-state index >= 15 is 0 Å². The highest BCUT2D eigenvalue weighted by Gasteiger charge is 2.08. The Bertz CT molecular complexity index is 101. The molecule has 10 heavy (non-hydrogen) atoms. The molecular formula is C7H13O3. The first-order valence-electron chi connectivity index (χ1n) is 3.35. The molecule has 0 aliphatic carbocycles. The number of hydrogen-bond donors (Lipinski definition) is 2. The van der Waals surface area contributed by atoms with Crippen LogP contribution in [0.4, 0.5) is 0 Å². The Morgan fingerprint density at radius 1 is 1.50 bits per heavy atom. The molecule has 0 amide bonds. The molecule has 0 spiro atoms. The molecule has 0 rings (SSSR count). The number of aliphatic carboxylic acids is 1. The Balaban J connectivity index is 3.21. The van der Waals surface area contributed by atoms with Crippen molar-refractivity contribution >= 4 is 5.97 Å². The van der Waals surface area contributed by atoms with Crippen LogP contribution in [-0.2, 0) is 4.79 Å². The molecule has 0 saturated heterocycles. The molecule has 1 atom stereocenters. The summed E-state index contributed by atoms with van der Waals surface area (Å²) in [6.45, 7) is 3.56. The molecule has 0 bridgehead atoms. The summed E-state index contributed by atoms with van der Waals surface area (Å²) >= 11 is 0. The fourth-order valence-corrected chi connectivity index (χ4v) is 0.626. The third-order valence-electron chi connectivity index (χ3n) is 1.31. The van der Waals surface area contributed by atoms with Gasteiger partial charge in [0.25, 0.3) is 0 Å². The van der Waals surface area contributed by atoms with Crippen LogP contribution in [0.2, 0.25) is 0 Å². The molecule has 0 aliphatic heterocycles. The van der Waals surface area contributed by atoms with Crippen LogP contribution in [0, 0.1) is 12.8 Å². The van der Waals surface area contributed by atoms with Crippen LogP contribution < -0.4 is 0 Å². The molecule has 59 valence electrons. The molecule has 3 nitrogen and oxygen atoms in total. The highest BCUT2D eigenvalue weighted by molar-refractivity contribution is 5.70. The van der Waals surface area contributed by atoms with Gasteiger partial charge in [0.05, 0.1) is 5.92 Å². The van der Waals surface area contributed by atoms with Gasteiger partial charge in [-0.25, -0.2) is 0 Å². The van der Waals surface area contributed by atoms with E-state index in [-0.39, 0.29) is 6.61 Å². The molecule has 0 aromatic carbocycles. The van der Waals surface area contributed by atoms with Crippen molar-refractivity contribution in [2.24, 2.45) is 5.92 Å². The van der Waals surface area contributed by atoms with Crippen LogP contribution >= 0.6 is 0 Å². The quantitative estimate of drug-likeness (QED) is 0.559. The molecule has 0 aliphatic rings. The highest BCUT2D eigenvalue weighted by atomic mass is 16.4. The average molecular weight is 145 g/mol. The van der Waals surface area contributed by atoms with Gasteiger partial charge in [0, 0.05) is 6.61 Å². The summed E-state index contributed by atoms with van der Waals surface area (Å²) in [6.07, 6.45) is 1.95. The maximum absolute atomic E-state index is 10.2. The molecule has 3 heteroatoms. The smallest absolute Gasteiger partial charge is 0.306 e. The van der Waals surface area contributed by atoms with Gasteiger partial charge in [0.1, 0.15) is 0 Å². The van der Waals surface area contributed by atoms with Crippen LogP contribution in [0.25, 0.3) is 0 Å². The van der Waals surface area contributed by atoms with Gasteiger partial charge in [-0.3, -0.25) is 4.79 Å². The predicted molar refractivity (Wildman–Crippen MR) is 37.4 cm³/mol. The number of rotatable bonds is 5. The minimum atomic E-state index is -0.863. The first-order chi connectivity index (χ1) is 4.68. The number of carbonyl (C=O) groups is 1. The normalized spacial score (nSPS) is 13.0. The zero-order valence-electron chi connectivity index (χ0n) is 5.92. The number of aliphatic hydroxyl groups excluding tert-OH is 1. The second-order valence-corrected chi connectivity index (χ2v) is 2.25. The van der Waals surface area contributed by atoms with Gasteiger partial charge in [-0.05, 0) is 19.8 Å². The molecular weight excluding hydrogens is 132 g/mol. The van der Waals surface area contributed by atoms with Crippen molar-refractivity contribution in [1.29, 1.82) is 0 Å². The number of hydrogen-bond acceptors (Lipinski definition) is 2. The van der Waals surface area contributed by atoms with Crippen molar-refractivity contribution < 1.29 is 15.0 Å². The van der Waals surface area contributed by atoms with Crippen molar-refractivity contribution in [2.45, 2.75) is 19.3 Å². The third kappa shape index (κ3) is 4.32. The van der Waals surface area contributed by atoms with E-state index in [4.69, 9.17) is 10.2 Å². The van der Waals surface area contributed by atoms with E-state index in [0.29, 0.717) is 12.8 Å². The summed E-state index contributed by atoms with van der Waals surface area (Å²) in [5.74, 6) is -1.38. The second-order valence-electron chi connectivity index (χ2n) is 2.25. The number of aliphatic hydroxyl groups is 1. The summed E-state index contributed by atoms with van der Waals surface area (Å²) in [6, 6.07) is 0. The summed E-state index contributed by atoms with van der Waals surface area (Å²) < 4.78 is 0. The maximum atomic E-state index is 10.2.